The molecule has 1 aliphatic heterocycles. The van der Waals surface area contributed by atoms with Crippen LogP contribution < -0.4 is 5.73 Å². The van der Waals surface area contributed by atoms with Crippen LogP contribution in [-0.4, -0.2) is 40.5 Å². The lowest BCUT2D eigenvalue weighted by atomic mass is 9.84. The molecule has 2 rings (SSSR count). The Labute approximate surface area is 127 Å². The third-order valence-electron chi connectivity index (χ3n) is 4.41. The lowest BCUT2D eigenvalue weighted by molar-refractivity contribution is -0.164. The van der Waals surface area contributed by atoms with Crippen LogP contribution in [0.3, 0.4) is 0 Å². The van der Waals surface area contributed by atoms with Crippen LogP contribution in [0.4, 0.5) is 0 Å². The SMILES string of the molecule is C[C@H](N)C(=O)N1[C@@H]2CCCC[C@H]2C[C@H]1C(=O)OC(C)(C)C. The maximum absolute atomic E-state index is 12.5. The number of esters is 1. The van der Waals surface area contributed by atoms with Crippen molar-refractivity contribution in [3.05, 3.63) is 0 Å². The van der Waals surface area contributed by atoms with Gasteiger partial charge in [-0.05, 0) is 52.9 Å². The molecular formula is C16H28N2O3. The zero-order chi connectivity index (χ0) is 15.8. The number of amides is 1. The molecule has 5 heteroatoms. The highest BCUT2D eigenvalue weighted by Gasteiger charge is 2.49. The first-order valence-corrected chi connectivity index (χ1v) is 8.01. The molecule has 1 saturated heterocycles. The number of nitrogens with two attached hydrogens (primary N) is 1. The molecule has 2 fully saturated rings. The van der Waals surface area contributed by atoms with E-state index in [2.05, 4.69) is 0 Å². The Morgan fingerprint density at radius 2 is 1.86 bits per heavy atom. The van der Waals surface area contributed by atoms with Crippen molar-refractivity contribution in [1.82, 2.24) is 4.90 Å². The number of fused-ring (bicyclic) bond motifs is 1. The average molecular weight is 296 g/mol. The van der Waals surface area contributed by atoms with E-state index < -0.39 is 17.7 Å². The topological polar surface area (TPSA) is 72.6 Å². The van der Waals surface area contributed by atoms with Gasteiger partial charge < -0.3 is 15.4 Å². The zero-order valence-electron chi connectivity index (χ0n) is 13.6. The van der Waals surface area contributed by atoms with Gasteiger partial charge in [0.05, 0.1) is 6.04 Å². The summed E-state index contributed by atoms with van der Waals surface area (Å²) in [4.78, 5) is 26.7. The molecule has 1 amide bonds. The molecule has 4 atom stereocenters. The maximum atomic E-state index is 12.5. The maximum Gasteiger partial charge on any atom is 0.329 e. The number of ether oxygens (including phenoxy) is 1. The Morgan fingerprint density at radius 1 is 1.24 bits per heavy atom. The number of carbonyl (C=O) groups excluding carboxylic acids is 2. The van der Waals surface area contributed by atoms with Crippen LogP contribution in [-0.2, 0) is 14.3 Å². The van der Waals surface area contributed by atoms with Gasteiger partial charge in [0.2, 0.25) is 5.91 Å². The monoisotopic (exact) mass is 296 g/mol. The van der Waals surface area contributed by atoms with Crippen molar-refractivity contribution in [2.24, 2.45) is 11.7 Å². The molecule has 0 aromatic carbocycles. The van der Waals surface area contributed by atoms with Crippen molar-refractivity contribution in [3.8, 4) is 0 Å². The fraction of sp³-hybridized carbons (Fsp3) is 0.875. The molecule has 2 N–H and O–H groups in total. The van der Waals surface area contributed by atoms with E-state index in [0.29, 0.717) is 5.92 Å². The molecule has 120 valence electrons. The summed E-state index contributed by atoms with van der Waals surface area (Å²) in [5.74, 6) is 0.00475. The Kier molecular flexibility index (Phi) is 4.61. The summed E-state index contributed by atoms with van der Waals surface area (Å²) in [7, 11) is 0. The Morgan fingerprint density at radius 3 is 2.43 bits per heavy atom. The zero-order valence-corrected chi connectivity index (χ0v) is 13.6. The van der Waals surface area contributed by atoms with Crippen LogP contribution in [0.5, 0.6) is 0 Å². The van der Waals surface area contributed by atoms with E-state index in [-0.39, 0.29) is 17.9 Å². The van der Waals surface area contributed by atoms with Crippen LogP contribution in [0.25, 0.3) is 0 Å². The van der Waals surface area contributed by atoms with Gasteiger partial charge >= 0.3 is 5.97 Å². The third-order valence-corrected chi connectivity index (χ3v) is 4.41. The van der Waals surface area contributed by atoms with Gasteiger partial charge in [-0.1, -0.05) is 12.8 Å². The highest BCUT2D eigenvalue weighted by atomic mass is 16.6. The van der Waals surface area contributed by atoms with Gasteiger partial charge in [0.25, 0.3) is 0 Å². The first-order chi connectivity index (χ1) is 9.70. The third kappa shape index (κ3) is 3.57. The van der Waals surface area contributed by atoms with Crippen LogP contribution in [0.2, 0.25) is 0 Å². The summed E-state index contributed by atoms with van der Waals surface area (Å²) in [5.41, 5.74) is 5.25. The molecule has 2 aliphatic rings. The van der Waals surface area contributed by atoms with Crippen LogP contribution in [0.1, 0.15) is 59.8 Å². The van der Waals surface area contributed by atoms with Crippen molar-refractivity contribution >= 4 is 11.9 Å². The van der Waals surface area contributed by atoms with Gasteiger partial charge in [-0.3, -0.25) is 4.79 Å². The number of nitrogens with zero attached hydrogens (tertiary/aromatic N) is 1. The number of hydrogen-bond donors (Lipinski definition) is 1. The molecule has 0 aromatic rings. The molecule has 0 radical (unpaired) electrons. The number of hydrogen-bond acceptors (Lipinski definition) is 4. The fourth-order valence-electron chi connectivity index (χ4n) is 3.59. The summed E-state index contributed by atoms with van der Waals surface area (Å²) in [6.07, 6.45) is 5.08. The van der Waals surface area contributed by atoms with Crippen LogP contribution in [0, 0.1) is 5.92 Å². The van der Waals surface area contributed by atoms with Gasteiger partial charge in [0.1, 0.15) is 11.6 Å². The van der Waals surface area contributed by atoms with Gasteiger partial charge in [0, 0.05) is 6.04 Å². The molecule has 0 aromatic heterocycles. The molecule has 0 bridgehead atoms. The summed E-state index contributed by atoms with van der Waals surface area (Å²) in [6.45, 7) is 7.24. The summed E-state index contributed by atoms with van der Waals surface area (Å²) >= 11 is 0. The first-order valence-electron chi connectivity index (χ1n) is 8.01. The van der Waals surface area contributed by atoms with Gasteiger partial charge in [-0.25, -0.2) is 4.79 Å². The number of carbonyl (C=O) groups is 2. The molecule has 1 aliphatic carbocycles. The summed E-state index contributed by atoms with van der Waals surface area (Å²) in [6, 6.07) is -0.874. The molecule has 0 spiro atoms. The molecule has 5 nitrogen and oxygen atoms in total. The number of rotatable bonds is 2. The quantitative estimate of drug-likeness (QED) is 0.789. The van der Waals surface area contributed by atoms with Crippen LogP contribution >= 0.6 is 0 Å². The van der Waals surface area contributed by atoms with Crippen molar-refractivity contribution in [1.29, 1.82) is 0 Å². The second-order valence-electron chi connectivity index (χ2n) is 7.43. The van der Waals surface area contributed by atoms with Gasteiger partial charge in [-0.2, -0.15) is 0 Å². The second-order valence-corrected chi connectivity index (χ2v) is 7.43. The van der Waals surface area contributed by atoms with E-state index >= 15 is 0 Å². The van der Waals surface area contributed by atoms with Crippen molar-refractivity contribution < 1.29 is 14.3 Å². The smallest absolute Gasteiger partial charge is 0.329 e. The Hall–Kier alpha value is -1.10. The van der Waals surface area contributed by atoms with Crippen molar-refractivity contribution in [2.45, 2.75) is 83.5 Å². The van der Waals surface area contributed by atoms with E-state index in [1.165, 1.54) is 6.42 Å². The van der Waals surface area contributed by atoms with Crippen molar-refractivity contribution in [2.75, 3.05) is 0 Å². The molecule has 0 unspecified atom stereocenters. The standard InChI is InChI=1S/C16H28N2O3/c1-10(17)14(19)18-12-8-6-5-7-11(12)9-13(18)15(20)21-16(2,3)4/h10-13H,5-9,17H2,1-4H3/t10-,11-,12+,13-/m0/s1. The van der Waals surface area contributed by atoms with E-state index in [1.54, 1.807) is 11.8 Å². The summed E-state index contributed by atoms with van der Waals surface area (Å²) < 4.78 is 5.51. The molecular weight excluding hydrogens is 268 g/mol. The van der Waals surface area contributed by atoms with Gasteiger partial charge in [-0.15, -0.1) is 0 Å². The van der Waals surface area contributed by atoms with E-state index in [1.807, 2.05) is 20.8 Å². The minimum absolute atomic E-state index is 0.125. The first kappa shape index (κ1) is 16.3. The minimum atomic E-state index is -0.574. The Bertz CT molecular complexity index is 414. The average Bonchev–Trinajstić information content (AvgIpc) is 2.75. The van der Waals surface area contributed by atoms with Crippen molar-refractivity contribution in [3.63, 3.8) is 0 Å². The largest absolute Gasteiger partial charge is 0.458 e. The summed E-state index contributed by atoms with van der Waals surface area (Å²) in [5, 5.41) is 0. The van der Waals surface area contributed by atoms with E-state index in [4.69, 9.17) is 10.5 Å². The van der Waals surface area contributed by atoms with Gasteiger partial charge in [0.15, 0.2) is 0 Å². The predicted octanol–water partition coefficient (Wildman–Crippen LogP) is 1.83. The highest BCUT2D eigenvalue weighted by molar-refractivity contribution is 5.88. The van der Waals surface area contributed by atoms with E-state index in [9.17, 15) is 9.59 Å². The van der Waals surface area contributed by atoms with E-state index in [0.717, 1.165) is 25.7 Å². The minimum Gasteiger partial charge on any atom is -0.458 e. The molecule has 1 saturated carbocycles. The normalized spacial score (nSPS) is 30.7. The fourth-order valence-corrected chi connectivity index (χ4v) is 3.59. The van der Waals surface area contributed by atoms with Crippen LogP contribution in [0.15, 0.2) is 0 Å². The molecule has 1 heterocycles. The second kappa shape index (κ2) is 5.95. The lowest BCUT2D eigenvalue weighted by Crippen LogP contribution is -2.52. The number of likely N-dealkylation sites (tertiary alicyclic amines) is 1. The highest BCUT2D eigenvalue weighted by Crippen LogP contribution is 2.40. The molecule has 21 heavy (non-hydrogen) atoms. The Balaban J connectivity index is 2.21. The lowest BCUT2D eigenvalue weighted by Gasteiger charge is -2.35. The predicted molar refractivity (Wildman–Crippen MR) is 80.5 cm³/mol.